The van der Waals surface area contributed by atoms with Crippen LogP contribution in [-0.4, -0.2) is 15.8 Å². The van der Waals surface area contributed by atoms with Crippen LogP contribution in [0.3, 0.4) is 0 Å². The third kappa shape index (κ3) is 3.23. The molecule has 0 bridgehead atoms. The van der Waals surface area contributed by atoms with Gasteiger partial charge in [0.15, 0.2) is 0 Å². The molecular formula is C14H11N3O5. The fraction of sp³-hybridized carbons (Fsp3) is 0.0714. The van der Waals surface area contributed by atoms with Crippen LogP contribution in [0.15, 0.2) is 42.5 Å². The minimum absolute atomic E-state index is 0.0685. The molecule has 0 radical (unpaired) electrons. The van der Waals surface area contributed by atoms with Crippen molar-refractivity contribution in [2.24, 2.45) is 0 Å². The highest BCUT2D eigenvalue weighted by Gasteiger charge is 2.17. The molecule has 2 aromatic rings. The molecule has 8 nitrogen and oxygen atoms in total. The number of nitrogens with one attached hydrogen (secondary N) is 1. The second kappa shape index (κ2) is 6.00. The van der Waals surface area contributed by atoms with Gasteiger partial charge in [-0.1, -0.05) is 6.07 Å². The van der Waals surface area contributed by atoms with Gasteiger partial charge < -0.3 is 5.32 Å². The van der Waals surface area contributed by atoms with Crippen molar-refractivity contribution >= 4 is 23.0 Å². The second-order valence-corrected chi connectivity index (χ2v) is 4.54. The Morgan fingerprint density at radius 1 is 1.00 bits per heavy atom. The number of carbonyl (C=O) groups is 1. The Hall–Kier alpha value is -3.29. The Balaban J connectivity index is 2.25. The summed E-state index contributed by atoms with van der Waals surface area (Å²) in [5.74, 6) is -0.582. The molecule has 0 aliphatic heterocycles. The highest BCUT2D eigenvalue weighted by atomic mass is 16.6. The molecule has 0 aliphatic carbocycles. The molecule has 8 heteroatoms. The highest BCUT2D eigenvalue weighted by Crippen LogP contribution is 2.26. The number of nitro groups is 2. The van der Waals surface area contributed by atoms with Gasteiger partial charge >= 0.3 is 0 Å². The maximum Gasteiger partial charge on any atom is 0.293 e. The molecule has 0 unspecified atom stereocenters. The van der Waals surface area contributed by atoms with Gasteiger partial charge in [0.1, 0.15) is 5.69 Å². The number of rotatable bonds is 4. The third-order valence-corrected chi connectivity index (χ3v) is 2.94. The normalized spacial score (nSPS) is 10.0. The molecule has 2 rings (SSSR count). The van der Waals surface area contributed by atoms with Crippen molar-refractivity contribution in [3.05, 3.63) is 73.8 Å². The van der Waals surface area contributed by atoms with Crippen LogP contribution in [0.25, 0.3) is 0 Å². The number of hydrogen-bond donors (Lipinski definition) is 1. The second-order valence-electron chi connectivity index (χ2n) is 4.54. The number of benzene rings is 2. The summed E-state index contributed by atoms with van der Waals surface area (Å²) in [7, 11) is 0. The molecule has 112 valence electrons. The van der Waals surface area contributed by atoms with E-state index in [1.807, 2.05) is 0 Å². The molecule has 0 atom stereocenters. The van der Waals surface area contributed by atoms with Crippen molar-refractivity contribution in [2.75, 3.05) is 5.32 Å². The van der Waals surface area contributed by atoms with Crippen molar-refractivity contribution in [1.82, 2.24) is 0 Å². The minimum atomic E-state index is -0.585. The van der Waals surface area contributed by atoms with Gasteiger partial charge in [0.25, 0.3) is 17.3 Å². The van der Waals surface area contributed by atoms with Crippen LogP contribution in [0, 0.1) is 27.2 Å². The van der Waals surface area contributed by atoms with E-state index in [4.69, 9.17) is 0 Å². The topological polar surface area (TPSA) is 115 Å². The van der Waals surface area contributed by atoms with Gasteiger partial charge in [-0.3, -0.25) is 25.0 Å². The number of amides is 1. The van der Waals surface area contributed by atoms with Gasteiger partial charge in [-0.15, -0.1) is 0 Å². The van der Waals surface area contributed by atoms with Crippen molar-refractivity contribution < 1.29 is 14.6 Å². The molecule has 0 saturated carbocycles. The van der Waals surface area contributed by atoms with Crippen LogP contribution < -0.4 is 5.32 Å². The van der Waals surface area contributed by atoms with Gasteiger partial charge in [0.2, 0.25) is 0 Å². The van der Waals surface area contributed by atoms with Crippen LogP contribution in [0.1, 0.15) is 15.9 Å². The van der Waals surface area contributed by atoms with Crippen molar-refractivity contribution in [3.63, 3.8) is 0 Å². The lowest BCUT2D eigenvalue weighted by Crippen LogP contribution is -2.13. The Bertz CT molecular complexity index is 756. The zero-order chi connectivity index (χ0) is 16.3. The Morgan fingerprint density at radius 3 is 2.18 bits per heavy atom. The minimum Gasteiger partial charge on any atom is -0.316 e. The number of nitrogens with zero attached hydrogens (tertiary/aromatic N) is 2. The van der Waals surface area contributed by atoms with Gasteiger partial charge in [0.05, 0.1) is 9.85 Å². The van der Waals surface area contributed by atoms with Crippen LogP contribution in [0.4, 0.5) is 17.1 Å². The summed E-state index contributed by atoms with van der Waals surface area (Å²) in [5.41, 5.74) is 0.576. The average Bonchev–Trinajstić information content (AvgIpc) is 2.48. The van der Waals surface area contributed by atoms with E-state index in [0.717, 1.165) is 0 Å². The standard InChI is InChI=1S/C14H11N3O5/c1-9-2-7-12(13(8-9)17(21)22)15-14(18)10-3-5-11(6-4-10)16(19)20/h2-8H,1H3,(H,15,18). The maximum absolute atomic E-state index is 12.1. The lowest BCUT2D eigenvalue weighted by atomic mass is 10.1. The van der Waals surface area contributed by atoms with Gasteiger partial charge in [-0.25, -0.2) is 0 Å². The van der Waals surface area contributed by atoms with Gasteiger partial charge in [-0.05, 0) is 30.7 Å². The monoisotopic (exact) mass is 301 g/mol. The number of hydrogen-bond acceptors (Lipinski definition) is 5. The largest absolute Gasteiger partial charge is 0.316 e. The molecule has 1 N–H and O–H groups in total. The molecule has 0 aliphatic rings. The maximum atomic E-state index is 12.1. The quantitative estimate of drug-likeness (QED) is 0.688. The SMILES string of the molecule is Cc1ccc(NC(=O)c2ccc([N+](=O)[O-])cc2)c([N+](=O)[O-])c1. The Morgan fingerprint density at radius 2 is 1.64 bits per heavy atom. The van der Waals surface area contributed by atoms with Crippen molar-refractivity contribution in [2.45, 2.75) is 6.92 Å². The van der Waals surface area contributed by atoms with E-state index in [-0.39, 0.29) is 22.6 Å². The first-order chi connectivity index (χ1) is 10.4. The molecular weight excluding hydrogens is 290 g/mol. The van der Waals surface area contributed by atoms with E-state index in [0.29, 0.717) is 5.56 Å². The number of anilines is 1. The van der Waals surface area contributed by atoms with Crippen LogP contribution in [0.5, 0.6) is 0 Å². The number of nitro benzene ring substituents is 2. The van der Waals surface area contributed by atoms with Gasteiger partial charge in [-0.2, -0.15) is 0 Å². The summed E-state index contributed by atoms with van der Waals surface area (Å²) in [6.45, 7) is 1.70. The molecule has 1 amide bonds. The van der Waals surface area contributed by atoms with E-state index < -0.39 is 15.8 Å². The van der Waals surface area contributed by atoms with E-state index in [2.05, 4.69) is 5.32 Å². The molecule has 0 aromatic heterocycles. The third-order valence-electron chi connectivity index (χ3n) is 2.94. The predicted molar refractivity (Wildman–Crippen MR) is 78.9 cm³/mol. The van der Waals surface area contributed by atoms with Crippen molar-refractivity contribution in [1.29, 1.82) is 0 Å². The zero-order valence-electron chi connectivity index (χ0n) is 11.5. The summed E-state index contributed by atoms with van der Waals surface area (Å²) in [5, 5.41) is 24.0. The van der Waals surface area contributed by atoms with E-state index in [1.165, 1.54) is 36.4 Å². The first-order valence-corrected chi connectivity index (χ1v) is 6.19. The number of aryl methyl sites for hydroxylation is 1. The molecule has 0 fully saturated rings. The fourth-order valence-corrected chi connectivity index (χ4v) is 1.83. The van der Waals surface area contributed by atoms with E-state index in [1.54, 1.807) is 13.0 Å². The summed E-state index contributed by atoms with van der Waals surface area (Å²) >= 11 is 0. The first kappa shape index (κ1) is 15.1. The summed E-state index contributed by atoms with van der Waals surface area (Å²) in [4.78, 5) is 32.4. The van der Waals surface area contributed by atoms with Crippen LogP contribution in [0.2, 0.25) is 0 Å². The fourth-order valence-electron chi connectivity index (χ4n) is 1.83. The van der Waals surface area contributed by atoms with E-state index in [9.17, 15) is 25.0 Å². The number of non-ortho nitro benzene ring substituents is 1. The van der Waals surface area contributed by atoms with Crippen molar-refractivity contribution in [3.8, 4) is 0 Å². The lowest BCUT2D eigenvalue weighted by Gasteiger charge is -2.06. The molecule has 0 spiro atoms. The van der Waals surface area contributed by atoms with Gasteiger partial charge in [0, 0.05) is 23.8 Å². The summed E-state index contributed by atoms with van der Waals surface area (Å²) < 4.78 is 0. The smallest absolute Gasteiger partial charge is 0.293 e. The molecule has 2 aromatic carbocycles. The van der Waals surface area contributed by atoms with Crippen LogP contribution >= 0.6 is 0 Å². The molecule has 0 saturated heterocycles. The zero-order valence-corrected chi connectivity index (χ0v) is 11.5. The molecule has 0 heterocycles. The lowest BCUT2D eigenvalue weighted by molar-refractivity contribution is -0.384. The van der Waals surface area contributed by atoms with E-state index >= 15 is 0 Å². The highest BCUT2D eigenvalue weighted by molar-refractivity contribution is 6.05. The number of carbonyl (C=O) groups excluding carboxylic acids is 1. The molecule has 22 heavy (non-hydrogen) atoms. The first-order valence-electron chi connectivity index (χ1n) is 6.19. The Labute approximate surface area is 124 Å². The predicted octanol–water partition coefficient (Wildman–Crippen LogP) is 3.06. The summed E-state index contributed by atoms with van der Waals surface area (Å²) in [6.07, 6.45) is 0. The summed E-state index contributed by atoms with van der Waals surface area (Å²) in [6, 6.07) is 9.39. The van der Waals surface area contributed by atoms with Crippen LogP contribution in [-0.2, 0) is 0 Å². The Kier molecular flexibility index (Phi) is 4.12. The average molecular weight is 301 g/mol.